The van der Waals surface area contributed by atoms with E-state index in [2.05, 4.69) is 10.0 Å². The first-order valence-electron chi connectivity index (χ1n) is 6.39. The first-order valence-corrected chi connectivity index (χ1v) is 8.25. The number of sulfonamides is 1. The molecule has 0 aliphatic heterocycles. The van der Waals surface area contributed by atoms with Crippen LogP contribution in [0.2, 0.25) is 5.02 Å². The average molecular weight is 335 g/mol. The van der Waals surface area contributed by atoms with Crippen molar-refractivity contribution in [2.45, 2.75) is 18.7 Å². The van der Waals surface area contributed by atoms with Gasteiger partial charge in [0.05, 0.1) is 9.92 Å². The van der Waals surface area contributed by atoms with Gasteiger partial charge in [0.25, 0.3) is 5.91 Å². The molecule has 0 bridgehead atoms. The summed E-state index contributed by atoms with van der Waals surface area (Å²) in [5.41, 5.74) is 0. The van der Waals surface area contributed by atoms with Gasteiger partial charge in [-0.2, -0.15) is 0 Å². The minimum atomic E-state index is -3.60. The SMILES string of the molecule is CNC(=O)COc1ccc(S(=O)(=O)NCC(C)C)cc1Cl. The monoisotopic (exact) mass is 334 g/mol. The molecule has 0 atom stereocenters. The number of carbonyl (C=O) groups excluding carboxylic acids is 1. The molecule has 0 aliphatic rings. The zero-order valence-electron chi connectivity index (χ0n) is 12.1. The second kappa shape index (κ2) is 7.63. The first-order chi connectivity index (χ1) is 9.76. The molecule has 0 spiro atoms. The maximum Gasteiger partial charge on any atom is 0.257 e. The van der Waals surface area contributed by atoms with Crippen LogP contribution in [0.1, 0.15) is 13.8 Å². The number of carbonyl (C=O) groups is 1. The molecule has 6 nitrogen and oxygen atoms in total. The lowest BCUT2D eigenvalue weighted by Gasteiger charge is -2.11. The van der Waals surface area contributed by atoms with Crippen molar-refractivity contribution in [1.29, 1.82) is 0 Å². The van der Waals surface area contributed by atoms with Crippen LogP contribution < -0.4 is 14.8 Å². The second-order valence-electron chi connectivity index (χ2n) is 4.80. The number of amides is 1. The third-order valence-corrected chi connectivity index (χ3v) is 4.25. The van der Waals surface area contributed by atoms with Gasteiger partial charge in [-0.25, -0.2) is 13.1 Å². The summed E-state index contributed by atoms with van der Waals surface area (Å²) in [7, 11) is -2.11. The molecule has 0 aromatic heterocycles. The van der Waals surface area contributed by atoms with E-state index in [1.807, 2.05) is 13.8 Å². The highest BCUT2D eigenvalue weighted by atomic mass is 35.5. The second-order valence-corrected chi connectivity index (χ2v) is 6.97. The van der Waals surface area contributed by atoms with Gasteiger partial charge in [-0.05, 0) is 24.1 Å². The number of benzene rings is 1. The van der Waals surface area contributed by atoms with E-state index in [9.17, 15) is 13.2 Å². The highest BCUT2D eigenvalue weighted by Crippen LogP contribution is 2.27. The summed E-state index contributed by atoms with van der Waals surface area (Å²) in [4.78, 5) is 11.1. The Labute approximate surface area is 129 Å². The number of hydrogen-bond donors (Lipinski definition) is 2. The van der Waals surface area contributed by atoms with E-state index < -0.39 is 10.0 Å². The fourth-order valence-electron chi connectivity index (χ4n) is 1.34. The van der Waals surface area contributed by atoms with Crippen LogP contribution in [0.3, 0.4) is 0 Å². The summed E-state index contributed by atoms with van der Waals surface area (Å²) >= 11 is 5.98. The summed E-state index contributed by atoms with van der Waals surface area (Å²) in [6, 6.07) is 4.10. The van der Waals surface area contributed by atoms with Crippen molar-refractivity contribution >= 4 is 27.5 Å². The minimum absolute atomic E-state index is 0.0560. The van der Waals surface area contributed by atoms with Crippen molar-refractivity contribution in [3.05, 3.63) is 23.2 Å². The predicted octanol–water partition coefficient (Wildman–Crippen LogP) is 1.40. The third-order valence-electron chi connectivity index (χ3n) is 2.53. The molecular weight excluding hydrogens is 316 g/mol. The Morgan fingerprint density at radius 2 is 2.05 bits per heavy atom. The fourth-order valence-corrected chi connectivity index (χ4v) is 2.88. The Hall–Kier alpha value is -1.31. The maximum absolute atomic E-state index is 12.0. The van der Waals surface area contributed by atoms with Gasteiger partial charge in [0, 0.05) is 13.6 Å². The predicted molar refractivity (Wildman–Crippen MR) is 81.0 cm³/mol. The van der Waals surface area contributed by atoms with E-state index in [1.54, 1.807) is 0 Å². The topological polar surface area (TPSA) is 84.5 Å². The van der Waals surface area contributed by atoms with Gasteiger partial charge < -0.3 is 10.1 Å². The van der Waals surface area contributed by atoms with Crippen LogP contribution >= 0.6 is 11.6 Å². The van der Waals surface area contributed by atoms with Gasteiger partial charge >= 0.3 is 0 Å². The average Bonchev–Trinajstić information content (AvgIpc) is 2.43. The molecule has 0 unspecified atom stereocenters. The molecule has 0 aliphatic carbocycles. The van der Waals surface area contributed by atoms with Crippen molar-refractivity contribution in [1.82, 2.24) is 10.0 Å². The molecule has 0 saturated carbocycles. The number of nitrogens with one attached hydrogen (secondary N) is 2. The Kier molecular flexibility index (Phi) is 6.44. The first kappa shape index (κ1) is 17.7. The number of likely N-dealkylation sites (N-methyl/N-ethyl adjacent to an activating group) is 1. The third kappa shape index (κ3) is 5.53. The molecule has 1 rings (SSSR count). The lowest BCUT2D eigenvalue weighted by Crippen LogP contribution is -2.27. The van der Waals surface area contributed by atoms with Crippen LogP contribution in [0, 0.1) is 5.92 Å². The molecular formula is C13H19ClN2O4S. The molecule has 0 heterocycles. The van der Waals surface area contributed by atoms with Gasteiger partial charge in [0.15, 0.2) is 6.61 Å². The van der Waals surface area contributed by atoms with Gasteiger partial charge in [0.1, 0.15) is 5.75 Å². The number of rotatable bonds is 7. The molecule has 8 heteroatoms. The lowest BCUT2D eigenvalue weighted by atomic mass is 10.2. The zero-order chi connectivity index (χ0) is 16.0. The van der Waals surface area contributed by atoms with Crippen LogP contribution in [0.15, 0.2) is 23.1 Å². The van der Waals surface area contributed by atoms with Gasteiger partial charge in [0.2, 0.25) is 10.0 Å². The van der Waals surface area contributed by atoms with Crippen molar-refractivity contribution < 1.29 is 17.9 Å². The van der Waals surface area contributed by atoms with Crippen molar-refractivity contribution in [3.63, 3.8) is 0 Å². The van der Waals surface area contributed by atoms with Crippen LogP contribution in [0.5, 0.6) is 5.75 Å². The summed E-state index contributed by atoms with van der Waals surface area (Å²) in [6.45, 7) is 3.97. The highest BCUT2D eigenvalue weighted by molar-refractivity contribution is 7.89. The highest BCUT2D eigenvalue weighted by Gasteiger charge is 2.16. The molecule has 0 radical (unpaired) electrons. The molecule has 0 saturated heterocycles. The molecule has 2 N–H and O–H groups in total. The summed E-state index contributed by atoms with van der Waals surface area (Å²) < 4.78 is 31.8. The lowest BCUT2D eigenvalue weighted by molar-refractivity contribution is -0.122. The molecule has 1 aromatic carbocycles. The van der Waals surface area contributed by atoms with E-state index in [0.717, 1.165) is 0 Å². The number of hydrogen-bond acceptors (Lipinski definition) is 4. The maximum atomic E-state index is 12.0. The van der Waals surface area contributed by atoms with Crippen molar-refractivity contribution in [3.8, 4) is 5.75 Å². The van der Waals surface area contributed by atoms with Crippen LogP contribution in [-0.4, -0.2) is 34.5 Å². The number of halogens is 1. The van der Waals surface area contributed by atoms with E-state index in [-0.39, 0.29) is 34.1 Å². The Morgan fingerprint density at radius 1 is 1.38 bits per heavy atom. The minimum Gasteiger partial charge on any atom is -0.482 e. The molecule has 1 aromatic rings. The van der Waals surface area contributed by atoms with Gasteiger partial charge in [-0.3, -0.25) is 4.79 Å². The molecule has 0 fully saturated rings. The summed E-state index contributed by atoms with van der Waals surface area (Å²) in [5, 5.41) is 2.54. The Balaban J connectivity index is 2.84. The van der Waals surface area contributed by atoms with Crippen LogP contribution in [-0.2, 0) is 14.8 Å². The van der Waals surface area contributed by atoms with E-state index in [4.69, 9.17) is 16.3 Å². The Bertz CT molecular complexity index is 602. The van der Waals surface area contributed by atoms with Crippen molar-refractivity contribution in [2.24, 2.45) is 5.92 Å². The zero-order valence-corrected chi connectivity index (χ0v) is 13.7. The molecule has 21 heavy (non-hydrogen) atoms. The van der Waals surface area contributed by atoms with E-state index in [0.29, 0.717) is 6.54 Å². The van der Waals surface area contributed by atoms with Crippen molar-refractivity contribution in [2.75, 3.05) is 20.2 Å². The largest absolute Gasteiger partial charge is 0.482 e. The van der Waals surface area contributed by atoms with Crippen LogP contribution in [0.25, 0.3) is 0 Å². The quantitative estimate of drug-likeness (QED) is 0.789. The fraction of sp³-hybridized carbons (Fsp3) is 0.462. The van der Waals surface area contributed by atoms with Gasteiger partial charge in [-0.15, -0.1) is 0 Å². The molecule has 1 amide bonds. The smallest absolute Gasteiger partial charge is 0.257 e. The van der Waals surface area contributed by atoms with E-state index >= 15 is 0 Å². The standard InChI is InChI=1S/C13H19ClN2O4S/c1-9(2)7-16-21(18,19)10-4-5-12(11(14)6-10)20-8-13(17)15-3/h4-6,9,16H,7-8H2,1-3H3,(H,15,17). The van der Waals surface area contributed by atoms with Gasteiger partial charge in [-0.1, -0.05) is 25.4 Å². The summed E-state index contributed by atoms with van der Waals surface area (Å²) in [6.07, 6.45) is 0. The molecule has 118 valence electrons. The summed E-state index contributed by atoms with van der Waals surface area (Å²) in [5.74, 6) is 0.148. The van der Waals surface area contributed by atoms with Crippen LogP contribution in [0.4, 0.5) is 0 Å². The Morgan fingerprint density at radius 3 is 2.57 bits per heavy atom. The van der Waals surface area contributed by atoms with E-state index in [1.165, 1.54) is 25.2 Å². The number of ether oxygens (including phenoxy) is 1. The normalized spacial score (nSPS) is 11.5.